The molecule has 25 heteroatoms. The van der Waals surface area contributed by atoms with Gasteiger partial charge in [0, 0.05) is 25.3 Å². The fourth-order valence-corrected chi connectivity index (χ4v) is 7.43. The number of ether oxygens (including phenoxy) is 6. The molecule has 0 heterocycles. The van der Waals surface area contributed by atoms with Crippen molar-refractivity contribution in [2.24, 2.45) is 15.5 Å². The Morgan fingerprint density at radius 1 is 0.458 bits per heavy atom. The first-order valence-electron chi connectivity index (χ1n) is 21.2. The summed E-state index contributed by atoms with van der Waals surface area (Å²) < 4.78 is 69.9. The predicted octanol–water partition coefficient (Wildman–Crippen LogP) is 18.1. The van der Waals surface area contributed by atoms with Crippen LogP contribution in [0.1, 0.15) is 66.4 Å². The highest BCUT2D eigenvalue weighted by atomic mass is 79.9. The number of hydrogen-bond acceptors (Lipinski definition) is 12. The van der Waals surface area contributed by atoms with Gasteiger partial charge in [-0.15, -0.1) is 0 Å². The molecule has 3 rings (SSSR count). The van der Waals surface area contributed by atoms with E-state index in [1.807, 2.05) is 72.7 Å². The highest BCUT2D eigenvalue weighted by Crippen LogP contribution is 2.38. The maximum atomic E-state index is 14.0. The van der Waals surface area contributed by atoms with Gasteiger partial charge in [0.2, 0.25) is 6.93 Å². The third-order valence-electron chi connectivity index (χ3n) is 7.23. The van der Waals surface area contributed by atoms with Crippen LogP contribution in [0.25, 0.3) is 0 Å². The van der Waals surface area contributed by atoms with Gasteiger partial charge in [-0.2, -0.15) is 0 Å². The fraction of sp³-hybridized carbons (Fsp3) is 0.426. The minimum absolute atomic E-state index is 0.0920. The van der Waals surface area contributed by atoms with E-state index in [-0.39, 0.29) is 32.4 Å². The molecular formula is C47H56Br4Cl6F3N3O9. The molecule has 0 saturated heterocycles. The van der Waals surface area contributed by atoms with E-state index in [0.717, 1.165) is 54.7 Å². The molecule has 72 heavy (non-hydrogen) atoms. The van der Waals surface area contributed by atoms with Gasteiger partial charge in [-0.3, -0.25) is 0 Å². The van der Waals surface area contributed by atoms with E-state index in [1.54, 1.807) is 18.2 Å². The largest absolute Gasteiger partial charge is 0.492 e. The van der Waals surface area contributed by atoms with Crippen LogP contribution in [0.5, 0.6) is 34.5 Å². The molecule has 0 bridgehead atoms. The number of hydrogen-bond donors (Lipinski definition) is 0. The zero-order chi connectivity index (χ0) is 54.4. The summed E-state index contributed by atoms with van der Waals surface area (Å²) in [6, 6.07) is 10.2. The summed E-state index contributed by atoms with van der Waals surface area (Å²) in [4.78, 5) is 15.3. The molecule has 3 aromatic rings. The Morgan fingerprint density at radius 3 is 1.07 bits per heavy atom. The fourth-order valence-electron chi connectivity index (χ4n) is 4.50. The van der Waals surface area contributed by atoms with Crippen molar-refractivity contribution < 1.29 is 56.1 Å². The second-order valence-corrected chi connectivity index (χ2v) is 20.7. The van der Waals surface area contributed by atoms with Crippen LogP contribution in [0.4, 0.5) is 13.2 Å². The van der Waals surface area contributed by atoms with Gasteiger partial charge in [0.05, 0.1) is 54.8 Å². The number of nitrogens with zero attached hydrogens (tertiary/aromatic N) is 3. The third-order valence-corrected chi connectivity index (χ3v) is 10.5. The van der Waals surface area contributed by atoms with Crippen LogP contribution in [0, 0.1) is 12.7 Å². The van der Waals surface area contributed by atoms with E-state index in [4.69, 9.17) is 113 Å². The molecule has 0 spiro atoms. The predicted molar refractivity (Wildman–Crippen MR) is 302 cm³/mol. The Hall–Kier alpha value is -2.46. The number of oxime groups is 3. The monoisotopic (exact) mass is 1390 g/mol. The number of halogens is 13. The average molecular weight is 1400 g/mol. The maximum absolute atomic E-state index is 14.0. The van der Waals surface area contributed by atoms with E-state index in [1.165, 1.54) is 12.1 Å². The highest BCUT2D eigenvalue weighted by molar-refractivity contribution is 9.11. The third kappa shape index (κ3) is 36.5. The first kappa shape index (κ1) is 69.5. The van der Waals surface area contributed by atoms with Gasteiger partial charge in [-0.05, 0) is 166 Å². The lowest BCUT2D eigenvalue weighted by Gasteiger charge is -2.13. The van der Waals surface area contributed by atoms with Gasteiger partial charge in [-0.1, -0.05) is 85.1 Å². The molecule has 0 aromatic heterocycles. The average Bonchev–Trinajstić information content (AvgIpc) is 3.27. The smallest absolute Gasteiger partial charge is 0.229 e. The van der Waals surface area contributed by atoms with Crippen molar-refractivity contribution in [1.29, 1.82) is 0 Å². The molecule has 0 aliphatic heterocycles. The van der Waals surface area contributed by atoms with E-state index in [9.17, 15) is 13.2 Å². The van der Waals surface area contributed by atoms with Crippen LogP contribution in [-0.4, -0.2) is 83.5 Å². The summed E-state index contributed by atoms with van der Waals surface area (Å²) in [5.74, 6) is 2.80. The molecule has 0 atom stereocenters. The van der Waals surface area contributed by atoms with E-state index < -0.39 is 12.7 Å². The second kappa shape index (κ2) is 42.7. The second-order valence-electron chi connectivity index (χ2n) is 14.2. The summed E-state index contributed by atoms with van der Waals surface area (Å²) in [5.41, 5.74) is 3.59. The van der Waals surface area contributed by atoms with Crippen molar-refractivity contribution in [2.75, 3.05) is 66.4 Å². The lowest BCUT2D eigenvalue weighted by atomic mass is 10.2. The standard InChI is InChI=1S/C16H20BrCl2NO3.C15H17Br2Cl2NO3.C15H17BrCl2FNO3.CH2F2/c1-11(2)20-23-7-4-6-22-16-12(3)9-13(10-14(16)17)21-8-5-15(18)19;1-10(2)20-23-6-3-5-22-15-12(16)8-11(9-13(15)17)21-7-4-14(18)19;1-10(2)20-23-6-3-5-22-15-12(16)8-11(9-13(15)19)21-7-4-14(17)18;2-1-3/h5,9-10H,4,6-8H2,1-3H3;2*4,8-9H,3,5-7H2,1-2H3;1H2. The highest BCUT2D eigenvalue weighted by Gasteiger charge is 2.13. The Morgan fingerprint density at radius 2 is 0.750 bits per heavy atom. The molecule has 0 unspecified atom stereocenters. The quantitative estimate of drug-likeness (QED) is 0.0417. The van der Waals surface area contributed by atoms with Crippen LogP contribution in [0.15, 0.2) is 101 Å². The molecule has 3 aromatic carbocycles. The van der Waals surface area contributed by atoms with Crippen LogP contribution in [0.2, 0.25) is 0 Å². The Balaban J connectivity index is 0.00000102. The summed E-state index contributed by atoms with van der Waals surface area (Å²) in [6.07, 6.45) is 6.67. The summed E-state index contributed by atoms with van der Waals surface area (Å²) in [6.45, 7) is 14.9. The lowest BCUT2D eigenvalue weighted by Crippen LogP contribution is -2.04. The van der Waals surface area contributed by atoms with Gasteiger partial charge >= 0.3 is 0 Å². The van der Waals surface area contributed by atoms with Crippen LogP contribution in [-0.2, 0) is 14.5 Å². The van der Waals surface area contributed by atoms with E-state index in [2.05, 4.69) is 79.2 Å². The molecular weight excluding hydrogens is 1340 g/mol. The first-order chi connectivity index (χ1) is 34.1. The zero-order valence-electron chi connectivity index (χ0n) is 40.3. The molecule has 0 N–H and O–H groups in total. The van der Waals surface area contributed by atoms with Gasteiger partial charge in [0.1, 0.15) is 81.9 Å². The molecule has 12 nitrogen and oxygen atoms in total. The summed E-state index contributed by atoms with van der Waals surface area (Å²) in [5, 5.41) is 11.5. The maximum Gasteiger partial charge on any atom is 0.229 e. The summed E-state index contributed by atoms with van der Waals surface area (Å²) in [7, 11) is 0. The lowest BCUT2D eigenvalue weighted by molar-refractivity contribution is 0.126. The minimum Gasteiger partial charge on any atom is -0.492 e. The zero-order valence-corrected chi connectivity index (χ0v) is 51.2. The van der Waals surface area contributed by atoms with Gasteiger partial charge in [0.15, 0.2) is 11.6 Å². The molecule has 0 saturated carbocycles. The van der Waals surface area contributed by atoms with Crippen molar-refractivity contribution >= 4 is 150 Å². The van der Waals surface area contributed by atoms with Gasteiger partial charge in [0.25, 0.3) is 0 Å². The number of rotatable bonds is 27. The van der Waals surface area contributed by atoms with Crippen molar-refractivity contribution in [3.63, 3.8) is 0 Å². The molecule has 0 aliphatic carbocycles. The minimum atomic E-state index is -1.75. The van der Waals surface area contributed by atoms with Crippen molar-refractivity contribution in [3.05, 3.63) is 97.4 Å². The number of benzene rings is 3. The van der Waals surface area contributed by atoms with Crippen LogP contribution >= 0.6 is 133 Å². The Kier molecular flexibility index (Phi) is 41.3. The number of alkyl halides is 2. The van der Waals surface area contributed by atoms with Crippen molar-refractivity contribution in [3.8, 4) is 34.5 Å². The molecule has 0 fully saturated rings. The molecule has 0 aliphatic rings. The summed E-state index contributed by atoms with van der Waals surface area (Å²) >= 11 is 46.8. The Bertz CT molecular complexity index is 1920. The normalized spacial score (nSPS) is 9.83. The van der Waals surface area contributed by atoms with E-state index >= 15 is 0 Å². The molecule has 0 amide bonds. The van der Waals surface area contributed by atoms with E-state index in [0.29, 0.717) is 80.1 Å². The molecule has 0 radical (unpaired) electrons. The van der Waals surface area contributed by atoms with Crippen molar-refractivity contribution in [1.82, 2.24) is 0 Å². The van der Waals surface area contributed by atoms with Crippen LogP contribution < -0.4 is 28.4 Å². The van der Waals surface area contributed by atoms with Crippen molar-refractivity contribution in [2.45, 2.75) is 67.7 Å². The van der Waals surface area contributed by atoms with Crippen LogP contribution in [0.3, 0.4) is 0 Å². The van der Waals surface area contributed by atoms with Gasteiger partial charge in [-0.25, -0.2) is 13.2 Å². The Labute approximate surface area is 483 Å². The first-order valence-corrected chi connectivity index (χ1v) is 26.6. The topological polar surface area (TPSA) is 120 Å². The molecule has 404 valence electrons. The SMILES string of the molecule is CC(C)=NOCCCOc1c(Br)cc(OCC=C(Cl)Cl)cc1Br.CC(C)=NOCCCOc1c(C)cc(OCC=C(Cl)Cl)cc1Br.CC(C)=NOCCCOc1c(F)cc(OCC=C(Cl)Cl)cc1Br.FCF. The van der Waals surface area contributed by atoms with Gasteiger partial charge < -0.3 is 42.9 Å². The number of aryl methyl sites for hydroxylation is 1.